The molecule has 1 fully saturated rings. The molecule has 1 amide bonds. The number of carbonyl (C=O) groups excluding carboxylic acids is 1. The number of carbonyl (C=O) groups is 1. The summed E-state index contributed by atoms with van der Waals surface area (Å²) in [6.45, 7) is 4.64. The van der Waals surface area contributed by atoms with Gasteiger partial charge in [0, 0.05) is 26.2 Å². The second-order valence-electron chi connectivity index (χ2n) is 7.04. The highest BCUT2D eigenvalue weighted by atomic mass is 16.5. The van der Waals surface area contributed by atoms with Crippen LogP contribution >= 0.6 is 0 Å². The highest BCUT2D eigenvalue weighted by Crippen LogP contribution is 2.31. The second kappa shape index (κ2) is 7.52. The standard InChI is InChI=1S/C21H22N2O5/c1-14-5-6-15-17(12-14)28-20(16-4-3-11-26-16)21(19(15)25)27-13-18(24)23-9-7-22(2)8-10-23/h3-6,11-12H,7-10,13H2,1-2H3. The van der Waals surface area contributed by atoms with E-state index in [2.05, 4.69) is 4.90 Å². The molecule has 146 valence electrons. The third kappa shape index (κ3) is 3.53. The number of hydrogen-bond acceptors (Lipinski definition) is 6. The molecule has 0 radical (unpaired) electrons. The molecule has 7 nitrogen and oxygen atoms in total. The van der Waals surface area contributed by atoms with E-state index in [0.717, 1.165) is 18.7 Å². The van der Waals surface area contributed by atoms with Gasteiger partial charge in [0.15, 0.2) is 12.4 Å². The van der Waals surface area contributed by atoms with Crippen molar-refractivity contribution in [3.63, 3.8) is 0 Å². The van der Waals surface area contributed by atoms with E-state index in [1.165, 1.54) is 6.26 Å². The summed E-state index contributed by atoms with van der Waals surface area (Å²) in [7, 11) is 2.02. The van der Waals surface area contributed by atoms with Gasteiger partial charge in [0.25, 0.3) is 5.91 Å². The van der Waals surface area contributed by atoms with Gasteiger partial charge in [-0.2, -0.15) is 0 Å². The van der Waals surface area contributed by atoms with Crippen molar-refractivity contribution in [1.82, 2.24) is 9.80 Å². The van der Waals surface area contributed by atoms with Gasteiger partial charge in [-0.1, -0.05) is 6.07 Å². The largest absolute Gasteiger partial charge is 0.476 e. The highest BCUT2D eigenvalue weighted by molar-refractivity contribution is 5.82. The molecule has 28 heavy (non-hydrogen) atoms. The summed E-state index contributed by atoms with van der Waals surface area (Å²) in [6.07, 6.45) is 1.49. The number of ether oxygens (including phenoxy) is 1. The summed E-state index contributed by atoms with van der Waals surface area (Å²) in [5.41, 5.74) is 1.10. The van der Waals surface area contributed by atoms with Gasteiger partial charge in [-0.05, 0) is 43.8 Å². The van der Waals surface area contributed by atoms with E-state index in [1.54, 1.807) is 29.2 Å². The maximum atomic E-state index is 13.0. The van der Waals surface area contributed by atoms with Crippen molar-refractivity contribution < 1.29 is 18.4 Å². The van der Waals surface area contributed by atoms with E-state index in [9.17, 15) is 9.59 Å². The van der Waals surface area contributed by atoms with E-state index < -0.39 is 0 Å². The van der Waals surface area contributed by atoms with Gasteiger partial charge in [-0.15, -0.1) is 0 Å². The van der Waals surface area contributed by atoms with Crippen LogP contribution in [0.25, 0.3) is 22.5 Å². The van der Waals surface area contributed by atoms with Crippen LogP contribution < -0.4 is 10.2 Å². The van der Waals surface area contributed by atoms with Crippen LogP contribution in [0.15, 0.2) is 50.2 Å². The zero-order valence-corrected chi connectivity index (χ0v) is 15.9. The maximum Gasteiger partial charge on any atom is 0.260 e. The molecule has 4 rings (SSSR count). The Balaban J connectivity index is 1.66. The summed E-state index contributed by atoms with van der Waals surface area (Å²) in [5, 5.41) is 0.406. The molecule has 0 atom stereocenters. The van der Waals surface area contributed by atoms with E-state index in [0.29, 0.717) is 29.8 Å². The first-order valence-electron chi connectivity index (χ1n) is 9.23. The van der Waals surface area contributed by atoms with E-state index >= 15 is 0 Å². The molecule has 0 saturated carbocycles. The smallest absolute Gasteiger partial charge is 0.260 e. The third-order valence-electron chi connectivity index (χ3n) is 4.95. The minimum absolute atomic E-state index is 0.00576. The number of rotatable bonds is 4. The van der Waals surface area contributed by atoms with E-state index in [1.807, 2.05) is 20.0 Å². The summed E-state index contributed by atoms with van der Waals surface area (Å²) in [6, 6.07) is 8.73. The van der Waals surface area contributed by atoms with E-state index in [4.69, 9.17) is 13.6 Å². The number of benzene rings is 1. The second-order valence-corrected chi connectivity index (χ2v) is 7.04. The Bertz CT molecular complexity index is 1050. The van der Waals surface area contributed by atoms with Crippen molar-refractivity contribution in [2.75, 3.05) is 39.8 Å². The minimum atomic E-state index is -0.321. The lowest BCUT2D eigenvalue weighted by Crippen LogP contribution is -2.48. The van der Waals surface area contributed by atoms with Gasteiger partial charge >= 0.3 is 0 Å². The van der Waals surface area contributed by atoms with Gasteiger partial charge in [-0.3, -0.25) is 9.59 Å². The molecular formula is C21H22N2O5. The number of hydrogen-bond donors (Lipinski definition) is 0. The molecule has 3 aromatic rings. The molecule has 0 bridgehead atoms. The Morgan fingerprint density at radius 2 is 1.96 bits per heavy atom. The fourth-order valence-electron chi connectivity index (χ4n) is 3.27. The predicted molar refractivity (Wildman–Crippen MR) is 104 cm³/mol. The molecule has 1 aromatic carbocycles. The Morgan fingerprint density at radius 3 is 2.68 bits per heavy atom. The van der Waals surface area contributed by atoms with Crippen molar-refractivity contribution >= 4 is 16.9 Å². The van der Waals surface area contributed by atoms with Gasteiger partial charge in [0.1, 0.15) is 5.58 Å². The number of likely N-dealkylation sites (N-methyl/N-ethyl adjacent to an activating group) is 1. The zero-order chi connectivity index (χ0) is 19.7. The first-order chi connectivity index (χ1) is 13.5. The van der Waals surface area contributed by atoms with Gasteiger partial charge in [-0.25, -0.2) is 0 Å². The Morgan fingerprint density at radius 1 is 1.18 bits per heavy atom. The normalized spacial score (nSPS) is 15.1. The molecule has 7 heteroatoms. The van der Waals surface area contributed by atoms with E-state index in [-0.39, 0.29) is 29.5 Å². The lowest BCUT2D eigenvalue weighted by Gasteiger charge is -2.32. The lowest BCUT2D eigenvalue weighted by molar-refractivity contribution is -0.134. The molecule has 1 aliphatic rings. The first-order valence-corrected chi connectivity index (χ1v) is 9.23. The lowest BCUT2D eigenvalue weighted by atomic mass is 10.1. The molecule has 0 N–H and O–H groups in total. The van der Waals surface area contributed by atoms with Crippen LogP contribution in [0.3, 0.4) is 0 Å². The van der Waals surface area contributed by atoms with Gasteiger partial charge in [0.05, 0.1) is 11.6 Å². The van der Waals surface area contributed by atoms with Crippen LogP contribution in [0.2, 0.25) is 0 Å². The van der Waals surface area contributed by atoms with Crippen LogP contribution in [0.4, 0.5) is 0 Å². The number of nitrogens with zero attached hydrogens (tertiary/aromatic N) is 2. The van der Waals surface area contributed by atoms with Crippen molar-refractivity contribution in [3.8, 4) is 17.3 Å². The molecule has 0 unspecified atom stereocenters. The fraction of sp³-hybridized carbons (Fsp3) is 0.333. The van der Waals surface area contributed by atoms with Crippen molar-refractivity contribution in [2.45, 2.75) is 6.92 Å². The summed E-state index contributed by atoms with van der Waals surface area (Å²) in [5.74, 6) is 0.414. The molecule has 1 aliphatic heterocycles. The molecule has 3 heterocycles. The Labute approximate surface area is 162 Å². The molecule has 2 aromatic heterocycles. The van der Waals surface area contributed by atoms with Crippen LogP contribution in [0.1, 0.15) is 5.56 Å². The minimum Gasteiger partial charge on any atom is -0.476 e. The molecular weight excluding hydrogens is 360 g/mol. The van der Waals surface area contributed by atoms with Crippen LogP contribution in [0, 0.1) is 6.92 Å². The van der Waals surface area contributed by atoms with Crippen molar-refractivity contribution in [2.24, 2.45) is 0 Å². The molecule has 0 spiro atoms. The SMILES string of the molecule is Cc1ccc2c(=O)c(OCC(=O)N3CCN(C)CC3)c(-c3ccco3)oc2c1. The van der Waals surface area contributed by atoms with Crippen molar-refractivity contribution in [1.29, 1.82) is 0 Å². The number of aryl methyl sites for hydroxylation is 1. The summed E-state index contributed by atoms with van der Waals surface area (Å²) in [4.78, 5) is 29.5. The van der Waals surface area contributed by atoms with Crippen molar-refractivity contribution in [3.05, 3.63) is 52.4 Å². The molecule has 1 saturated heterocycles. The van der Waals surface area contributed by atoms with Crippen LogP contribution in [0.5, 0.6) is 5.75 Å². The topological polar surface area (TPSA) is 76.1 Å². The first kappa shape index (κ1) is 18.3. The summed E-state index contributed by atoms with van der Waals surface area (Å²) < 4.78 is 17.1. The monoisotopic (exact) mass is 382 g/mol. The van der Waals surface area contributed by atoms with Gasteiger partial charge < -0.3 is 23.4 Å². The Kier molecular flexibility index (Phi) is 4.92. The van der Waals surface area contributed by atoms with Crippen LogP contribution in [-0.2, 0) is 4.79 Å². The quantitative estimate of drug-likeness (QED) is 0.690. The average molecular weight is 382 g/mol. The summed E-state index contributed by atoms with van der Waals surface area (Å²) >= 11 is 0. The fourth-order valence-corrected chi connectivity index (χ4v) is 3.27. The molecule has 0 aliphatic carbocycles. The zero-order valence-electron chi connectivity index (χ0n) is 15.9. The number of piperazine rings is 1. The number of furan rings is 1. The van der Waals surface area contributed by atoms with Crippen LogP contribution in [-0.4, -0.2) is 55.5 Å². The maximum absolute atomic E-state index is 13.0. The van der Waals surface area contributed by atoms with Gasteiger partial charge in [0.2, 0.25) is 16.9 Å². The average Bonchev–Trinajstić information content (AvgIpc) is 3.22. The number of fused-ring (bicyclic) bond motifs is 1. The predicted octanol–water partition coefficient (Wildman–Crippen LogP) is 2.51. The highest BCUT2D eigenvalue weighted by Gasteiger charge is 2.23. The Hall–Kier alpha value is -3.06. The number of amides is 1. The third-order valence-corrected chi connectivity index (χ3v) is 4.95.